The minimum Gasteiger partial charge on any atom is -0.481 e. The van der Waals surface area contributed by atoms with Crippen LogP contribution in [0, 0.1) is 11.8 Å². The van der Waals surface area contributed by atoms with Crippen molar-refractivity contribution in [1.29, 1.82) is 0 Å². The van der Waals surface area contributed by atoms with Gasteiger partial charge in [0.2, 0.25) is 0 Å². The fourth-order valence-corrected chi connectivity index (χ4v) is 1.87. The minimum absolute atomic E-state index is 0.420. The van der Waals surface area contributed by atoms with Gasteiger partial charge in [-0.1, -0.05) is 33.6 Å². The van der Waals surface area contributed by atoms with E-state index in [1.165, 1.54) is 0 Å². The van der Waals surface area contributed by atoms with E-state index in [2.05, 4.69) is 0 Å². The number of esters is 1. The smallest absolute Gasteiger partial charge is 0.309 e. The molecule has 0 aliphatic carbocycles. The number of rotatable bonds is 10. The van der Waals surface area contributed by atoms with Gasteiger partial charge < -0.3 is 14.3 Å². The van der Waals surface area contributed by atoms with Crippen molar-refractivity contribution in [3.05, 3.63) is 0 Å². The largest absolute Gasteiger partial charge is 0.481 e. The Morgan fingerprint density at radius 3 is 2.29 bits per heavy atom. The Labute approximate surface area is 141 Å². The Bertz CT molecular complexity index is 549. The number of carboxylic acid groups (broad SMARTS) is 1. The highest BCUT2D eigenvalue weighted by molar-refractivity contribution is 5.73. The minimum atomic E-state index is -3.55. The zero-order valence-electron chi connectivity index (χ0n) is 21.9. The number of aliphatic carboxylic acids is 1. The highest BCUT2D eigenvalue weighted by Crippen LogP contribution is 2.15. The lowest BCUT2D eigenvalue weighted by Gasteiger charge is -2.29. The van der Waals surface area contributed by atoms with Gasteiger partial charge in [0, 0.05) is 0 Å². The summed E-state index contributed by atoms with van der Waals surface area (Å²) in [5.41, 5.74) is 0. The quantitative estimate of drug-likeness (QED) is 0.497. The Balaban J connectivity index is 5.84. The molecule has 2 atom stereocenters. The monoisotopic (exact) mass is 311 g/mol. The van der Waals surface area contributed by atoms with Crippen LogP contribution >= 0.6 is 0 Å². The van der Waals surface area contributed by atoms with E-state index in [0.29, 0.717) is 18.8 Å². The van der Waals surface area contributed by atoms with Crippen LogP contribution in [-0.2, 0) is 14.3 Å². The number of hydrogen-bond acceptors (Lipinski definition) is 3. The number of likely N-dealkylation sites (N-methyl/N-ethyl adjacent to an activating group) is 1. The van der Waals surface area contributed by atoms with Gasteiger partial charge in [-0.2, -0.15) is 0 Å². The molecule has 0 rings (SSSR count). The first-order valence-corrected chi connectivity index (χ1v) is 7.07. The zero-order chi connectivity index (χ0) is 24.1. The molecule has 0 amide bonds. The zero-order valence-corrected chi connectivity index (χ0v) is 12.9. The van der Waals surface area contributed by atoms with E-state index in [1.54, 1.807) is 6.92 Å². The average Bonchev–Trinajstić information content (AvgIpc) is 2.47. The van der Waals surface area contributed by atoms with Crippen molar-refractivity contribution in [3.8, 4) is 0 Å². The number of carbonyl (C=O) groups is 2. The van der Waals surface area contributed by atoms with E-state index in [9.17, 15) is 9.59 Å². The van der Waals surface area contributed by atoms with Gasteiger partial charge in [0.15, 0.2) is 6.10 Å². The molecular weight excluding hydrogens is 270 g/mol. The van der Waals surface area contributed by atoms with Gasteiger partial charge in [-0.25, -0.2) is 0 Å². The fourth-order valence-electron chi connectivity index (χ4n) is 1.87. The molecule has 21 heavy (non-hydrogen) atoms. The molecule has 0 aromatic carbocycles. The van der Waals surface area contributed by atoms with E-state index < -0.39 is 62.3 Å². The third-order valence-electron chi connectivity index (χ3n) is 2.98. The SMILES string of the molecule is [2H]C([2H])([2H])[N+](CC(CC(=O)O)OC(=O)C(C)CCCC(C)C)(C([2H])([2H])[2H])C([2H])([2H])[2H]. The summed E-state index contributed by atoms with van der Waals surface area (Å²) in [6.07, 6.45) is -0.671. The number of carbonyl (C=O) groups excluding carboxylic acids is 1. The third-order valence-corrected chi connectivity index (χ3v) is 2.98. The van der Waals surface area contributed by atoms with Crippen molar-refractivity contribution < 1.29 is 36.3 Å². The summed E-state index contributed by atoms with van der Waals surface area (Å²) in [5.74, 6) is -2.54. The van der Waals surface area contributed by atoms with E-state index >= 15 is 0 Å². The van der Waals surface area contributed by atoms with Gasteiger partial charge in [-0.05, 0) is 12.3 Å². The molecule has 0 aromatic heterocycles. The van der Waals surface area contributed by atoms with Gasteiger partial charge in [-0.15, -0.1) is 0 Å². The first-order valence-electron chi connectivity index (χ1n) is 11.6. The van der Waals surface area contributed by atoms with Crippen molar-refractivity contribution in [2.24, 2.45) is 11.8 Å². The molecule has 0 heterocycles. The molecule has 0 saturated carbocycles. The van der Waals surface area contributed by atoms with E-state index in [-0.39, 0.29) is 0 Å². The molecule has 2 unspecified atom stereocenters. The lowest BCUT2D eigenvalue weighted by atomic mass is 10.00. The Morgan fingerprint density at radius 2 is 1.81 bits per heavy atom. The predicted octanol–water partition coefficient (Wildman–Crippen LogP) is 2.54. The van der Waals surface area contributed by atoms with Crippen LogP contribution in [0.4, 0.5) is 0 Å². The summed E-state index contributed by atoms with van der Waals surface area (Å²) in [6.45, 7) is -6.29. The van der Waals surface area contributed by atoms with Crippen LogP contribution in [-0.4, -0.2) is 55.1 Å². The van der Waals surface area contributed by atoms with Crippen molar-refractivity contribution in [3.63, 3.8) is 0 Å². The second kappa shape index (κ2) is 9.03. The Morgan fingerprint density at radius 1 is 1.19 bits per heavy atom. The van der Waals surface area contributed by atoms with Crippen molar-refractivity contribution in [2.75, 3.05) is 27.5 Å². The molecule has 124 valence electrons. The maximum atomic E-state index is 12.4. The molecule has 0 bridgehead atoms. The molecule has 0 aliphatic heterocycles. The van der Waals surface area contributed by atoms with Gasteiger partial charge >= 0.3 is 11.9 Å². The van der Waals surface area contributed by atoms with E-state index in [4.69, 9.17) is 22.2 Å². The molecule has 0 aliphatic rings. The summed E-state index contributed by atoms with van der Waals surface area (Å²) in [5, 5.41) is 9.12. The summed E-state index contributed by atoms with van der Waals surface area (Å²) >= 11 is 0. The number of ether oxygens (including phenoxy) is 1. The van der Waals surface area contributed by atoms with Crippen LogP contribution in [0.25, 0.3) is 0 Å². The molecule has 0 saturated heterocycles. The van der Waals surface area contributed by atoms with E-state index in [1.807, 2.05) is 13.8 Å². The molecule has 1 N–H and O–H groups in total. The predicted molar refractivity (Wildman–Crippen MR) is 82.9 cm³/mol. The average molecular weight is 311 g/mol. The van der Waals surface area contributed by atoms with Crippen molar-refractivity contribution in [1.82, 2.24) is 0 Å². The van der Waals surface area contributed by atoms with Crippen LogP contribution < -0.4 is 0 Å². The second-order valence-corrected chi connectivity index (χ2v) is 5.87. The number of quaternary nitrogens is 1. The first-order chi connectivity index (χ1) is 13.3. The first kappa shape index (κ1) is 9.13. The van der Waals surface area contributed by atoms with Crippen molar-refractivity contribution in [2.45, 2.75) is 52.6 Å². The number of hydrogen-bond donors (Lipinski definition) is 1. The molecule has 0 radical (unpaired) electrons. The second-order valence-electron chi connectivity index (χ2n) is 5.87. The molecule has 0 fully saturated rings. The highest BCUT2D eigenvalue weighted by atomic mass is 16.5. The Hall–Kier alpha value is -1.10. The molecule has 0 spiro atoms. The highest BCUT2D eigenvalue weighted by Gasteiger charge is 2.26. The van der Waals surface area contributed by atoms with Crippen LogP contribution in [0.5, 0.6) is 0 Å². The van der Waals surface area contributed by atoms with Crippen molar-refractivity contribution >= 4 is 11.9 Å². The van der Waals surface area contributed by atoms with Crippen LogP contribution in [0.15, 0.2) is 0 Å². The van der Waals surface area contributed by atoms with Gasteiger partial charge in [0.05, 0.1) is 45.6 Å². The fraction of sp³-hybridized carbons (Fsp3) is 0.875. The third kappa shape index (κ3) is 11.3. The summed E-state index contributed by atoms with van der Waals surface area (Å²) in [4.78, 5) is 23.6. The molecule has 5 heteroatoms. The lowest BCUT2D eigenvalue weighted by Crippen LogP contribution is -2.44. The molecular formula is C16H32NO4+. The van der Waals surface area contributed by atoms with E-state index in [0.717, 1.165) is 6.42 Å². The van der Waals surface area contributed by atoms with Gasteiger partial charge in [0.25, 0.3) is 0 Å². The normalized spacial score (nSPS) is 23.0. The summed E-state index contributed by atoms with van der Waals surface area (Å²) < 4.78 is 71.3. The van der Waals surface area contributed by atoms with Gasteiger partial charge in [-0.3, -0.25) is 9.59 Å². The molecule has 0 aromatic rings. The maximum Gasteiger partial charge on any atom is 0.309 e. The topological polar surface area (TPSA) is 63.6 Å². The van der Waals surface area contributed by atoms with Crippen LogP contribution in [0.3, 0.4) is 0 Å². The standard InChI is InChI=1S/C16H31NO4/c1-12(2)8-7-9-13(3)16(20)21-14(10-15(18)19)11-17(4,5)6/h12-14H,7-11H2,1-6H3/p+1/i4D3,5D3,6D3. The van der Waals surface area contributed by atoms with Gasteiger partial charge in [0.1, 0.15) is 6.54 Å². The molecule has 5 nitrogen and oxygen atoms in total. The summed E-state index contributed by atoms with van der Waals surface area (Å²) in [6, 6.07) is 0. The van der Waals surface area contributed by atoms with Crippen LogP contribution in [0.1, 0.15) is 58.8 Å². The maximum absolute atomic E-state index is 12.4. The lowest BCUT2D eigenvalue weighted by molar-refractivity contribution is -0.873. The number of nitrogens with zero attached hydrogens (tertiary/aromatic N) is 1. The Kier molecular flexibility index (Phi) is 3.93. The summed E-state index contributed by atoms with van der Waals surface area (Å²) in [7, 11) is 0. The number of carboxylic acids is 1. The van der Waals surface area contributed by atoms with Crippen LogP contribution in [0.2, 0.25) is 0 Å².